The summed E-state index contributed by atoms with van der Waals surface area (Å²) in [6, 6.07) is 12.8. The van der Waals surface area contributed by atoms with E-state index in [0.717, 1.165) is 10.8 Å². The molecule has 6 heteroatoms. The van der Waals surface area contributed by atoms with E-state index in [-0.39, 0.29) is 18.1 Å². The van der Waals surface area contributed by atoms with E-state index in [1.165, 1.54) is 18.2 Å². The van der Waals surface area contributed by atoms with Gasteiger partial charge < -0.3 is 4.43 Å². The molecule has 0 spiro atoms. The minimum atomic E-state index is -1.01. The van der Waals surface area contributed by atoms with Gasteiger partial charge in [0.25, 0.3) is 5.69 Å². The highest BCUT2D eigenvalue weighted by atomic mass is 28.2. The molecule has 0 aliphatic carbocycles. The molecular weight excluding hydrogens is 301 g/mol. The van der Waals surface area contributed by atoms with Crippen LogP contribution in [-0.2, 0) is 17.5 Å². The molecule has 0 bridgehead atoms. The van der Waals surface area contributed by atoms with Gasteiger partial charge >= 0.3 is 0 Å². The second-order valence-corrected chi connectivity index (χ2v) is 6.63. The molecule has 0 saturated heterocycles. The molecule has 4 nitrogen and oxygen atoms in total. The Bertz CT molecular complexity index is 673. The summed E-state index contributed by atoms with van der Waals surface area (Å²) >= 11 is 0. The van der Waals surface area contributed by atoms with Crippen LogP contribution in [0.5, 0.6) is 0 Å². The number of halogens is 1. The number of rotatable bonds is 7. The van der Waals surface area contributed by atoms with Crippen molar-refractivity contribution in [3.8, 4) is 0 Å². The van der Waals surface area contributed by atoms with Crippen LogP contribution >= 0.6 is 0 Å². The molecule has 2 rings (SSSR count). The third-order valence-electron chi connectivity index (χ3n) is 3.12. The van der Waals surface area contributed by atoms with Gasteiger partial charge in [0.2, 0.25) is 0 Å². The molecule has 0 fully saturated rings. The van der Waals surface area contributed by atoms with Crippen molar-refractivity contribution >= 4 is 15.5 Å². The summed E-state index contributed by atoms with van der Waals surface area (Å²) in [5.74, 6) is -0.265. The molecule has 0 saturated carbocycles. The van der Waals surface area contributed by atoms with Gasteiger partial charge in [0, 0.05) is 6.07 Å². The fraction of sp³-hybridized carbons (Fsp3) is 0.125. The molecule has 0 aromatic heterocycles. The van der Waals surface area contributed by atoms with Crippen LogP contribution in [0.4, 0.5) is 10.1 Å². The summed E-state index contributed by atoms with van der Waals surface area (Å²) in [5, 5.41) is 11.9. The minimum Gasteiger partial charge on any atom is -0.414 e. The maximum Gasteiger partial charge on any atom is 0.274 e. The SMILES string of the molecule is C=C(Cc1ccc(F)cc1)[SiH2]OCc1ccccc1[N+](=O)[O-]. The zero-order valence-electron chi connectivity index (χ0n) is 12.0. The van der Waals surface area contributed by atoms with Gasteiger partial charge in [-0.25, -0.2) is 4.39 Å². The first-order valence-corrected chi connectivity index (χ1v) is 8.06. The zero-order chi connectivity index (χ0) is 15.9. The maximum absolute atomic E-state index is 12.8. The Hall–Kier alpha value is -2.31. The quantitative estimate of drug-likeness (QED) is 0.448. The van der Waals surface area contributed by atoms with Crippen molar-refractivity contribution in [3.05, 3.63) is 87.4 Å². The smallest absolute Gasteiger partial charge is 0.274 e. The molecule has 0 radical (unpaired) electrons. The van der Waals surface area contributed by atoms with Crippen molar-refractivity contribution in [1.82, 2.24) is 0 Å². The Morgan fingerprint density at radius 3 is 2.59 bits per heavy atom. The molecule has 0 aliphatic heterocycles. The fourth-order valence-corrected chi connectivity index (χ4v) is 3.06. The summed E-state index contributed by atoms with van der Waals surface area (Å²) in [6.45, 7) is 4.18. The number of nitro groups is 1. The molecule has 0 aliphatic rings. The number of allylic oxidation sites excluding steroid dienone is 1. The molecule has 2 aromatic carbocycles. The van der Waals surface area contributed by atoms with Crippen LogP contribution in [0.2, 0.25) is 0 Å². The maximum atomic E-state index is 12.8. The average Bonchev–Trinajstić information content (AvgIpc) is 2.50. The van der Waals surface area contributed by atoms with Crippen molar-refractivity contribution in [3.63, 3.8) is 0 Å². The van der Waals surface area contributed by atoms with E-state index in [0.29, 0.717) is 12.0 Å². The van der Waals surface area contributed by atoms with Crippen LogP contribution in [0.3, 0.4) is 0 Å². The lowest BCUT2D eigenvalue weighted by atomic mass is 10.1. The van der Waals surface area contributed by atoms with Crippen molar-refractivity contribution < 1.29 is 13.7 Å². The number of nitro benzene ring substituents is 1. The molecule has 2 aromatic rings. The molecule has 0 atom stereocenters. The van der Waals surface area contributed by atoms with Crippen LogP contribution in [0.1, 0.15) is 11.1 Å². The van der Waals surface area contributed by atoms with Gasteiger partial charge in [0.05, 0.1) is 17.1 Å². The summed E-state index contributed by atoms with van der Waals surface area (Å²) in [5.41, 5.74) is 1.61. The summed E-state index contributed by atoms with van der Waals surface area (Å²) in [7, 11) is -1.01. The first kappa shape index (κ1) is 16.1. The van der Waals surface area contributed by atoms with Crippen LogP contribution in [0, 0.1) is 15.9 Å². The highest BCUT2D eigenvalue weighted by Crippen LogP contribution is 2.18. The first-order valence-electron chi connectivity index (χ1n) is 6.77. The lowest BCUT2D eigenvalue weighted by molar-refractivity contribution is -0.385. The average molecular weight is 317 g/mol. The van der Waals surface area contributed by atoms with E-state index in [2.05, 4.69) is 6.58 Å². The minimum absolute atomic E-state index is 0.0700. The van der Waals surface area contributed by atoms with E-state index in [1.807, 2.05) is 0 Å². The third kappa shape index (κ3) is 4.61. The number of hydrogen-bond acceptors (Lipinski definition) is 3. The van der Waals surface area contributed by atoms with E-state index >= 15 is 0 Å². The monoisotopic (exact) mass is 317 g/mol. The lowest BCUT2D eigenvalue weighted by Gasteiger charge is -2.07. The number of benzene rings is 2. The van der Waals surface area contributed by atoms with Gasteiger partial charge in [0.1, 0.15) is 5.82 Å². The Kier molecular flexibility index (Phi) is 5.57. The second kappa shape index (κ2) is 7.63. The topological polar surface area (TPSA) is 52.4 Å². The third-order valence-corrected chi connectivity index (χ3v) is 4.19. The summed E-state index contributed by atoms with van der Waals surface area (Å²) < 4.78 is 18.5. The summed E-state index contributed by atoms with van der Waals surface area (Å²) in [4.78, 5) is 10.5. The highest BCUT2D eigenvalue weighted by Gasteiger charge is 2.12. The highest BCUT2D eigenvalue weighted by molar-refractivity contribution is 6.37. The van der Waals surface area contributed by atoms with E-state index in [9.17, 15) is 14.5 Å². The predicted octanol–water partition coefficient (Wildman–Crippen LogP) is 3.09. The Morgan fingerprint density at radius 1 is 1.23 bits per heavy atom. The van der Waals surface area contributed by atoms with Crippen LogP contribution in [-0.4, -0.2) is 14.7 Å². The molecule has 0 unspecified atom stereocenters. The van der Waals surface area contributed by atoms with Gasteiger partial charge in [-0.05, 0) is 30.2 Å². The van der Waals surface area contributed by atoms with Gasteiger partial charge in [-0.1, -0.05) is 29.5 Å². The van der Waals surface area contributed by atoms with Crippen LogP contribution in [0.15, 0.2) is 60.3 Å². The Balaban J connectivity index is 1.85. The Morgan fingerprint density at radius 2 is 1.91 bits per heavy atom. The molecular formula is C16H16FNO3Si. The first-order chi connectivity index (χ1) is 10.6. The number of para-hydroxylation sites is 1. The fourth-order valence-electron chi connectivity index (χ4n) is 2.06. The van der Waals surface area contributed by atoms with Crippen LogP contribution < -0.4 is 0 Å². The van der Waals surface area contributed by atoms with E-state index < -0.39 is 14.7 Å². The van der Waals surface area contributed by atoms with E-state index in [4.69, 9.17) is 4.43 Å². The molecule has 114 valence electrons. The number of hydrogen-bond donors (Lipinski definition) is 0. The van der Waals surface area contributed by atoms with Crippen molar-refractivity contribution in [1.29, 1.82) is 0 Å². The van der Waals surface area contributed by atoms with Gasteiger partial charge in [0.15, 0.2) is 9.76 Å². The van der Waals surface area contributed by atoms with Gasteiger partial charge in [-0.3, -0.25) is 10.1 Å². The van der Waals surface area contributed by atoms with E-state index in [1.54, 1.807) is 30.3 Å². The molecule has 0 N–H and O–H groups in total. The summed E-state index contributed by atoms with van der Waals surface area (Å²) in [6.07, 6.45) is 0.642. The molecule has 0 amide bonds. The normalized spacial score (nSPS) is 11.0. The standard InChI is InChI=1S/C16H16FNO3Si/c1-12(10-13-6-8-15(17)9-7-13)22-21-11-14-4-2-3-5-16(14)18(19)20/h2-9H,1,10-11,22H2. The van der Waals surface area contributed by atoms with Gasteiger partial charge in [-0.15, -0.1) is 6.58 Å². The van der Waals surface area contributed by atoms with Gasteiger partial charge in [-0.2, -0.15) is 0 Å². The lowest BCUT2D eigenvalue weighted by Crippen LogP contribution is -2.06. The Labute approximate surface area is 130 Å². The van der Waals surface area contributed by atoms with Crippen molar-refractivity contribution in [2.24, 2.45) is 0 Å². The largest absolute Gasteiger partial charge is 0.414 e. The number of nitrogens with zero attached hydrogens (tertiary/aromatic N) is 1. The van der Waals surface area contributed by atoms with Crippen LogP contribution in [0.25, 0.3) is 0 Å². The second-order valence-electron chi connectivity index (χ2n) is 4.93. The van der Waals surface area contributed by atoms with Crippen molar-refractivity contribution in [2.45, 2.75) is 13.0 Å². The van der Waals surface area contributed by atoms with Crippen molar-refractivity contribution in [2.75, 3.05) is 0 Å². The predicted molar refractivity (Wildman–Crippen MR) is 85.7 cm³/mol. The zero-order valence-corrected chi connectivity index (χ0v) is 13.4. The molecule has 0 heterocycles. The molecule has 22 heavy (non-hydrogen) atoms.